The van der Waals surface area contributed by atoms with E-state index < -0.39 is 23.6 Å². The number of hydrogen-bond donors (Lipinski definition) is 5. The molecule has 0 spiro atoms. The largest absolute Gasteiger partial charge is 0.495 e. The number of nitrogens with zero attached hydrogens (tertiary/aromatic N) is 6. The number of carbonyl (C=O) groups excluding carboxylic acids is 1. The van der Waals surface area contributed by atoms with Crippen molar-refractivity contribution < 1.29 is 28.7 Å². The molecule has 1 aromatic rings. The van der Waals surface area contributed by atoms with E-state index in [4.69, 9.17) is 10.5 Å². The normalized spacial score (nSPS) is 23.1. The van der Waals surface area contributed by atoms with Crippen LogP contribution in [0.2, 0.25) is 0 Å². The number of nitrogens with one attached hydrogen (secondary N) is 2. The average molecular weight is 606 g/mol. The quantitative estimate of drug-likeness (QED) is 0.280. The summed E-state index contributed by atoms with van der Waals surface area (Å²) >= 11 is 0. The molecule has 2 saturated heterocycles. The van der Waals surface area contributed by atoms with Crippen molar-refractivity contribution >= 4 is 23.3 Å². The van der Waals surface area contributed by atoms with Crippen LogP contribution in [0, 0.1) is 0 Å². The highest BCUT2D eigenvalue weighted by atomic mass is 19.3. The first-order valence-electron chi connectivity index (χ1n) is 14.2. The van der Waals surface area contributed by atoms with Gasteiger partial charge in [0, 0.05) is 30.9 Å². The topological polar surface area (TPSA) is 155 Å². The number of likely N-dealkylation sites (N-methyl/N-ethyl adjacent to an activating group) is 1. The molecule has 1 amide bonds. The van der Waals surface area contributed by atoms with Crippen LogP contribution in [-0.2, 0) is 0 Å². The second-order valence-corrected chi connectivity index (χ2v) is 11.0. The van der Waals surface area contributed by atoms with Gasteiger partial charge >= 0.3 is 5.92 Å². The molecule has 1 aromatic carbocycles. The van der Waals surface area contributed by atoms with E-state index in [9.17, 15) is 15.2 Å². The highest BCUT2D eigenvalue weighted by Gasteiger charge is 2.48. The number of ether oxygens (including phenoxy) is 1. The number of likely N-dealkylation sites (tertiary alicyclic amines) is 1. The Morgan fingerprint density at radius 3 is 2.49 bits per heavy atom. The first kappa shape index (κ1) is 32.0. The van der Waals surface area contributed by atoms with E-state index in [-0.39, 0.29) is 35.3 Å². The van der Waals surface area contributed by atoms with Gasteiger partial charge in [-0.2, -0.15) is 8.78 Å². The molecule has 43 heavy (non-hydrogen) atoms. The molecular weight excluding hydrogens is 564 g/mol. The Hall–Kier alpha value is -3.95. The number of alkyl halides is 2. The van der Waals surface area contributed by atoms with Crippen LogP contribution in [-0.4, -0.2) is 107 Å². The van der Waals surface area contributed by atoms with Crippen molar-refractivity contribution in [2.45, 2.75) is 56.5 Å². The van der Waals surface area contributed by atoms with E-state index in [0.29, 0.717) is 29.8 Å². The highest BCUT2D eigenvalue weighted by molar-refractivity contribution is 6.06. The summed E-state index contributed by atoms with van der Waals surface area (Å²) in [5, 5.41) is 27.2. The van der Waals surface area contributed by atoms with Crippen LogP contribution in [0.15, 0.2) is 52.6 Å². The van der Waals surface area contributed by atoms with Gasteiger partial charge < -0.3 is 35.8 Å². The molecule has 0 aromatic heterocycles. The van der Waals surface area contributed by atoms with Gasteiger partial charge in [0.05, 0.1) is 19.3 Å². The molecule has 4 rings (SSSR count). The minimum absolute atomic E-state index is 0.0699. The zero-order valence-electron chi connectivity index (χ0n) is 24.8. The van der Waals surface area contributed by atoms with E-state index >= 15 is 8.78 Å². The van der Waals surface area contributed by atoms with Gasteiger partial charge in [0.2, 0.25) is 5.84 Å². The van der Waals surface area contributed by atoms with Gasteiger partial charge in [0.1, 0.15) is 17.3 Å². The van der Waals surface area contributed by atoms with Gasteiger partial charge in [0.15, 0.2) is 5.84 Å². The summed E-state index contributed by atoms with van der Waals surface area (Å²) in [7, 11) is 4.82. The third kappa shape index (κ3) is 7.53. The Balaban J connectivity index is 1.61. The number of halogens is 2. The maximum absolute atomic E-state index is 15.5. The van der Waals surface area contributed by atoms with E-state index in [1.165, 1.54) is 19.1 Å². The smallest absolute Gasteiger partial charge is 0.323 e. The van der Waals surface area contributed by atoms with Gasteiger partial charge in [-0.3, -0.25) is 4.79 Å². The Morgan fingerprint density at radius 2 is 1.88 bits per heavy atom. The van der Waals surface area contributed by atoms with E-state index in [1.54, 1.807) is 18.2 Å². The second-order valence-electron chi connectivity index (χ2n) is 11.0. The van der Waals surface area contributed by atoms with Gasteiger partial charge in [-0.15, -0.1) is 5.10 Å². The lowest BCUT2D eigenvalue weighted by Gasteiger charge is -2.32. The Kier molecular flexibility index (Phi) is 10.1. The van der Waals surface area contributed by atoms with E-state index in [0.717, 1.165) is 49.9 Å². The van der Waals surface area contributed by atoms with Crippen LogP contribution in [0.5, 0.6) is 5.75 Å². The summed E-state index contributed by atoms with van der Waals surface area (Å²) < 4.78 is 36.5. The Labute approximate surface area is 249 Å². The number of carbonyl (C=O) groups is 1. The third-order valence-corrected chi connectivity index (χ3v) is 8.02. The number of methoxy groups -OCH3 is 1. The lowest BCUT2D eigenvalue weighted by Crippen LogP contribution is -2.47. The summed E-state index contributed by atoms with van der Waals surface area (Å²) in [6.45, 7) is 5.02. The fourth-order valence-electron chi connectivity index (χ4n) is 5.74. The summed E-state index contributed by atoms with van der Waals surface area (Å²) in [5.41, 5.74) is 6.89. The number of anilines is 1. The molecule has 15 heteroatoms. The van der Waals surface area contributed by atoms with Crippen molar-refractivity contribution in [1.29, 1.82) is 0 Å². The molecule has 0 bridgehead atoms. The number of nitrogens with two attached hydrogens (primary N) is 1. The molecular formula is C28H41F2N9O4. The molecule has 1 aliphatic carbocycles. The molecule has 2 heterocycles. The Bertz CT molecular complexity index is 1270. The molecule has 13 nitrogen and oxygen atoms in total. The van der Waals surface area contributed by atoms with Crippen LogP contribution in [0.25, 0.3) is 0 Å². The Morgan fingerprint density at radius 1 is 1.21 bits per heavy atom. The summed E-state index contributed by atoms with van der Waals surface area (Å²) in [5.74, 6) is -4.12. The van der Waals surface area contributed by atoms with Gasteiger partial charge in [-0.25, -0.2) is 15.4 Å². The number of hydrogen-bond acceptors (Lipinski definition) is 10. The maximum atomic E-state index is 15.5. The standard InChI is InChI=1S/C28H41F2N9O4/c1-18(32-22-10-9-19(15-24(22)43-4)26(40)34-20-11-13-36(2)14-12-20)33-25-23(16-31)37(3)27(35-39(41)42)28(29,30)17-38(25)21-7-5-6-8-21/h9-10,15-16,20-21,32,41-42H,1,5-8,11-14,17,31H2,2-4H3,(H,34,40)/b23-16+,33-25?,35-27+. The van der Waals surface area contributed by atoms with Gasteiger partial charge in [-0.05, 0) is 69.4 Å². The summed E-state index contributed by atoms with van der Waals surface area (Å²) in [6.07, 6.45) is 5.95. The summed E-state index contributed by atoms with van der Waals surface area (Å²) in [6, 6.07) is 4.78. The minimum atomic E-state index is -3.59. The number of benzene rings is 1. The number of aliphatic imine (C=N–C) groups is 1. The zero-order valence-corrected chi connectivity index (χ0v) is 24.8. The summed E-state index contributed by atoms with van der Waals surface area (Å²) in [4.78, 5) is 22.2. The first-order valence-corrected chi connectivity index (χ1v) is 14.2. The number of amidine groups is 2. The van der Waals surface area contributed by atoms with Crippen LogP contribution in [0.1, 0.15) is 48.9 Å². The number of amides is 1. The van der Waals surface area contributed by atoms with Gasteiger partial charge in [0.25, 0.3) is 5.91 Å². The predicted octanol–water partition coefficient (Wildman–Crippen LogP) is 2.82. The van der Waals surface area contributed by atoms with E-state index in [2.05, 4.69) is 39.3 Å². The van der Waals surface area contributed by atoms with Crippen molar-refractivity contribution in [3.8, 4) is 5.75 Å². The number of piperidine rings is 1. The molecule has 236 valence electrons. The molecule has 1 saturated carbocycles. The maximum Gasteiger partial charge on any atom is 0.323 e. The fourth-order valence-corrected chi connectivity index (χ4v) is 5.74. The lowest BCUT2D eigenvalue weighted by molar-refractivity contribution is -0.308. The van der Waals surface area contributed by atoms with Crippen molar-refractivity contribution in [3.63, 3.8) is 0 Å². The van der Waals surface area contributed by atoms with Crippen molar-refractivity contribution in [1.82, 2.24) is 25.4 Å². The monoisotopic (exact) mass is 605 g/mol. The average Bonchev–Trinajstić information content (AvgIpc) is 3.48. The predicted molar refractivity (Wildman–Crippen MR) is 158 cm³/mol. The van der Waals surface area contributed by atoms with Crippen molar-refractivity contribution in [3.05, 3.63) is 48.1 Å². The third-order valence-electron chi connectivity index (χ3n) is 8.02. The van der Waals surface area contributed by atoms with Crippen molar-refractivity contribution in [2.75, 3.05) is 46.2 Å². The van der Waals surface area contributed by atoms with Crippen LogP contribution >= 0.6 is 0 Å². The number of rotatable bonds is 8. The molecule has 6 N–H and O–H groups in total. The molecule has 0 atom stereocenters. The highest BCUT2D eigenvalue weighted by Crippen LogP contribution is 2.34. The second kappa shape index (κ2) is 13.6. The molecule has 0 radical (unpaired) electrons. The lowest BCUT2D eigenvalue weighted by atomic mass is 10.0. The molecule has 2 aliphatic heterocycles. The van der Waals surface area contributed by atoms with E-state index in [1.807, 2.05) is 0 Å². The number of hydrazone groups is 1. The zero-order chi connectivity index (χ0) is 31.3. The SMILES string of the molecule is C=C(N=C1/C(=C\N)N(C)/C(=N/N(O)O)C(F)(F)CN1C1CCCC1)Nc1ccc(C(=O)NC2CCN(C)CC2)cc1OC. The first-order chi connectivity index (χ1) is 20.4. The molecule has 0 unspecified atom stereocenters. The molecule has 3 fully saturated rings. The minimum Gasteiger partial charge on any atom is -0.495 e. The molecule has 3 aliphatic rings. The van der Waals surface area contributed by atoms with Crippen molar-refractivity contribution in [2.24, 2.45) is 15.8 Å². The van der Waals surface area contributed by atoms with Crippen LogP contribution in [0.4, 0.5) is 14.5 Å². The van der Waals surface area contributed by atoms with Crippen LogP contribution in [0.3, 0.4) is 0 Å². The van der Waals surface area contributed by atoms with Gasteiger partial charge in [-0.1, -0.05) is 19.4 Å². The van der Waals surface area contributed by atoms with Crippen LogP contribution < -0.4 is 21.1 Å². The fraction of sp³-hybridized carbons (Fsp3) is 0.536.